The fourth-order valence-corrected chi connectivity index (χ4v) is 6.93. The minimum Gasteiger partial charge on any atom is -0.484 e. The zero-order valence-electron chi connectivity index (χ0n) is 38.7. The molecule has 0 unspecified atom stereocenters. The number of anilines is 2. The number of halogens is 12. The summed E-state index contributed by atoms with van der Waals surface area (Å²) < 4.78 is 193. The van der Waals surface area contributed by atoms with Gasteiger partial charge in [0.1, 0.15) is 24.7 Å². The standard InChI is InChI=1S/C53H42F12N2O8/c54-43-25-41(70-31-50(56,57)58)19-21-45(43)74-52(62,63)37-11-1-33(2-12-37)9-23-47(68)72-29-49(27-35-5-15-39(66)16-6-35,28-36-7-17-40(67)18-8-36)30-73-48(69)24-10-34-3-13-38(14-4-34)53(64,65)75-46-22-20-42(26-44(46)55)71-32-51(59,60)61/h1-26H,27-32,66-67H2/b23-9+,24-10+. The average molecular weight is 1060 g/mol. The number of hydrogen-bond donors (Lipinski definition) is 2. The maximum atomic E-state index is 15.1. The summed E-state index contributed by atoms with van der Waals surface area (Å²) >= 11 is 0. The summed E-state index contributed by atoms with van der Waals surface area (Å²) in [5, 5.41) is 0. The smallest absolute Gasteiger partial charge is 0.426 e. The second-order valence-corrected chi connectivity index (χ2v) is 16.7. The molecule has 22 heteroatoms. The molecule has 4 N–H and O–H groups in total. The molecule has 0 aromatic heterocycles. The quantitative estimate of drug-likeness (QED) is 0.0292. The van der Waals surface area contributed by atoms with Gasteiger partial charge in [-0.3, -0.25) is 0 Å². The van der Waals surface area contributed by atoms with Gasteiger partial charge in [-0.05, 0) is 120 Å². The van der Waals surface area contributed by atoms with Crippen LogP contribution in [-0.2, 0) is 44.1 Å². The summed E-state index contributed by atoms with van der Waals surface area (Å²) in [6, 6.07) is 25.9. The summed E-state index contributed by atoms with van der Waals surface area (Å²) in [4.78, 5) is 26.6. The molecule has 0 atom stereocenters. The lowest BCUT2D eigenvalue weighted by molar-refractivity contribution is -0.187. The molecule has 10 nitrogen and oxygen atoms in total. The van der Waals surface area contributed by atoms with E-state index in [-0.39, 0.29) is 37.2 Å². The van der Waals surface area contributed by atoms with E-state index in [1.165, 1.54) is 36.4 Å². The van der Waals surface area contributed by atoms with E-state index in [1.54, 1.807) is 48.5 Å². The first-order chi connectivity index (χ1) is 35.2. The number of alkyl halides is 10. The van der Waals surface area contributed by atoms with Gasteiger partial charge >= 0.3 is 36.5 Å². The molecule has 0 aliphatic rings. The lowest BCUT2D eigenvalue weighted by Crippen LogP contribution is -2.38. The third-order valence-corrected chi connectivity index (χ3v) is 10.6. The van der Waals surface area contributed by atoms with Crippen LogP contribution in [0.1, 0.15) is 33.4 Å². The van der Waals surface area contributed by atoms with Crippen LogP contribution in [0.5, 0.6) is 23.0 Å². The average Bonchev–Trinajstić information content (AvgIpc) is 3.35. The third-order valence-electron chi connectivity index (χ3n) is 10.6. The van der Waals surface area contributed by atoms with Crippen LogP contribution in [0.15, 0.2) is 146 Å². The lowest BCUT2D eigenvalue weighted by atomic mass is 9.77. The number of hydrogen-bond acceptors (Lipinski definition) is 10. The van der Waals surface area contributed by atoms with Crippen molar-refractivity contribution in [3.63, 3.8) is 0 Å². The monoisotopic (exact) mass is 1060 g/mol. The fraction of sp³-hybridized carbons (Fsp3) is 0.208. The number of rotatable bonds is 22. The molecule has 0 saturated carbocycles. The second kappa shape index (κ2) is 23.7. The molecule has 75 heavy (non-hydrogen) atoms. The maximum Gasteiger partial charge on any atom is 0.426 e. The molecule has 6 rings (SSSR count). The van der Waals surface area contributed by atoms with Gasteiger partial charge in [0, 0.05) is 41.1 Å². The van der Waals surface area contributed by atoms with Crippen LogP contribution in [0.25, 0.3) is 12.2 Å². The van der Waals surface area contributed by atoms with Crippen molar-refractivity contribution in [2.24, 2.45) is 5.41 Å². The van der Waals surface area contributed by atoms with Gasteiger partial charge in [0.25, 0.3) is 0 Å². The highest BCUT2D eigenvalue weighted by Gasteiger charge is 2.38. The topological polar surface area (TPSA) is 142 Å². The molecule has 0 saturated heterocycles. The Morgan fingerprint density at radius 2 is 0.800 bits per heavy atom. The molecule has 6 aromatic rings. The van der Waals surface area contributed by atoms with Crippen LogP contribution >= 0.6 is 0 Å². The SMILES string of the molecule is Nc1ccc(CC(COC(=O)/C=C/c2ccc(C(F)(F)Oc3ccc(OCC(F)(F)F)cc3F)cc2)(COC(=O)/C=C/c2ccc(C(F)(F)Oc3ccc(OCC(F)(F)F)cc3F)cc2)Cc2ccc(N)cc2)cc1. The van der Waals surface area contributed by atoms with Crippen molar-refractivity contribution in [2.75, 3.05) is 37.9 Å². The van der Waals surface area contributed by atoms with Crippen LogP contribution in [0, 0.1) is 17.0 Å². The molecule has 0 bridgehead atoms. The fourth-order valence-electron chi connectivity index (χ4n) is 6.93. The van der Waals surface area contributed by atoms with Crippen molar-refractivity contribution in [1.82, 2.24) is 0 Å². The van der Waals surface area contributed by atoms with Crippen LogP contribution in [0.3, 0.4) is 0 Å². The highest BCUT2D eigenvalue weighted by Crippen LogP contribution is 2.37. The van der Waals surface area contributed by atoms with Crippen molar-refractivity contribution >= 4 is 35.5 Å². The van der Waals surface area contributed by atoms with E-state index < -0.39 is 101 Å². The Labute approximate surface area is 419 Å². The molecular formula is C53H42F12N2O8. The molecule has 0 amide bonds. The Hall–Kier alpha value is -8.30. The van der Waals surface area contributed by atoms with Crippen LogP contribution in [-0.4, -0.2) is 50.7 Å². The predicted molar refractivity (Wildman–Crippen MR) is 249 cm³/mol. The molecular weight excluding hydrogens is 1020 g/mol. The van der Waals surface area contributed by atoms with E-state index in [0.717, 1.165) is 48.6 Å². The van der Waals surface area contributed by atoms with Crippen molar-refractivity contribution in [3.05, 3.63) is 191 Å². The van der Waals surface area contributed by atoms with Gasteiger partial charge in [-0.15, -0.1) is 0 Å². The summed E-state index contributed by atoms with van der Waals surface area (Å²) in [7, 11) is 0. The van der Waals surface area contributed by atoms with E-state index in [4.69, 9.17) is 20.9 Å². The number of carbonyl (C=O) groups excluding carboxylic acids is 2. The van der Waals surface area contributed by atoms with E-state index in [1.807, 2.05) is 0 Å². The zero-order chi connectivity index (χ0) is 54.6. The number of nitrogen functional groups attached to an aromatic ring is 2. The van der Waals surface area contributed by atoms with E-state index in [9.17, 15) is 44.7 Å². The van der Waals surface area contributed by atoms with E-state index in [0.29, 0.717) is 46.8 Å². The predicted octanol–water partition coefficient (Wildman–Crippen LogP) is 12.6. The van der Waals surface area contributed by atoms with Crippen molar-refractivity contribution in [1.29, 1.82) is 0 Å². The first-order valence-electron chi connectivity index (χ1n) is 22.0. The summed E-state index contributed by atoms with van der Waals surface area (Å²) in [5.41, 5.74) is 11.9. The van der Waals surface area contributed by atoms with Gasteiger partial charge in [-0.25, -0.2) is 18.4 Å². The van der Waals surface area contributed by atoms with E-state index in [2.05, 4.69) is 18.9 Å². The number of benzene rings is 6. The van der Waals surface area contributed by atoms with Crippen LogP contribution in [0.4, 0.5) is 64.1 Å². The van der Waals surface area contributed by atoms with Crippen molar-refractivity contribution < 1.29 is 90.7 Å². The molecule has 0 aliphatic carbocycles. The first kappa shape index (κ1) is 56.0. The number of carbonyl (C=O) groups is 2. The molecule has 396 valence electrons. The largest absolute Gasteiger partial charge is 0.484 e. The number of esters is 2. The summed E-state index contributed by atoms with van der Waals surface area (Å²) in [5.74, 6) is -7.69. The van der Waals surface area contributed by atoms with Crippen LogP contribution < -0.4 is 30.4 Å². The zero-order valence-corrected chi connectivity index (χ0v) is 38.7. The Balaban J connectivity index is 1.12. The minimum atomic E-state index is -4.72. The van der Waals surface area contributed by atoms with Crippen LogP contribution in [0.2, 0.25) is 0 Å². The Morgan fingerprint density at radius 1 is 0.453 bits per heavy atom. The Morgan fingerprint density at radius 3 is 1.12 bits per heavy atom. The van der Waals surface area contributed by atoms with Crippen molar-refractivity contribution in [3.8, 4) is 23.0 Å². The molecule has 0 radical (unpaired) electrons. The summed E-state index contributed by atoms with van der Waals surface area (Å²) in [6.45, 7) is -4.20. The number of nitrogens with two attached hydrogens (primary N) is 2. The van der Waals surface area contributed by atoms with Crippen molar-refractivity contribution in [2.45, 2.75) is 37.4 Å². The maximum absolute atomic E-state index is 15.1. The molecule has 0 heterocycles. The van der Waals surface area contributed by atoms with Gasteiger partial charge in [0.2, 0.25) is 0 Å². The van der Waals surface area contributed by atoms with E-state index >= 15 is 17.6 Å². The molecule has 0 fully saturated rings. The third kappa shape index (κ3) is 17.4. The van der Waals surface area contributed by atoms with Gasteiger partial charge < -0.3 is 39.9 Å². The molecule has 6 aromatic carbocycles. The minimum absolute atomic E-state index is 0.140. The number of ether oxygens (including phenoxy) is 6. The first-order valence-corrected chi connectivity index (χ1v) is 22.0. The molecule has 0 aliphatic heterocycles. The molecule has 0 spiro atoms. The van der Waals surface area contributed by atoms with Gasteiger partial charge in [0.05, 0.1) is 11.1 Å². The Kier molecular flexibility index (Phi) is 17.7. The van der Waals surface area contributed by atoms with Gasteiger partial charge in [0.15, 0.2) is 36.3 Å². The normalized spacial score (nSPS) is 12.4. The highest BCUT2D eigenvalue weighted by atomic mass is 19.4. The van der Waals surface area contributed by atoms with Gasteiger partial charge in [-0.1, -0.05) is 48.5 Å². The lowest BCUT2D eigenvalue weighted by Gasteiger charge is -2.33. The van der Waals surface area contributed by atoms with Gasteiger partial charge in [-0.2, -0.15) is 43.9 Å². The highest BCUT2D eigenvalue weighted by molar-refractivity contribution is 5.87. The Bertz CT molecular complexity index is 2750. The second-order valence-electron chi connectivity index (χ2n) is 16.7. The summed E-state index contributed by atoms with van der Waals surface area (Å²) in [6.07, 6.45) is -12.9.